The molecule has 2 aromatic carbocycles. The van der Waals surface area contributed by atoms with Gasteiger partial charge in [0.25, 0.3) is 0 Å². The number of aryl methyl sites for hydroxylation is 1. The molecule has 0 unspecified atom stereocenters. The number of alkyl halides is 3. The van der Waals surface area contributed by atoms with E-state index in [2.05, 4.69) is 10.1 Å². The second-order valence-corrected chi connectivity index (χ2v) is 6.35. The molecule has 4 aromatic rings. The van der Waals surface area contributed by atoms with Crippen LogP contribution in [0.4, 0.5) is 13.2 Å². The minimum absolute atomic E-state index is 0.247. The molecular weight excluding hydrogens is 367 g/mol. The van der Waals surface area contributed by atoms with Crippen LogP contribution in [0.5, 0.6) is 0 Å². The van der Waals surface area contributed by atoms with E-state index in [0.717, 1.165) is 12.1 Å². The highest BCUT2D eigenvalue weighted by molar-refractivity contribution is 6.12. The van der Waals surface area contributed by atoms with Gasteiger partial charge in [-0.3, -0.25) is 4.79 Å². The number of halogens is 3. The molecule has 0 saturated heterocycles. The summed E-state index contributed by atoms with van der Waals surface area (Å²) in [6.07, 6.45) is -3.05. The molecule has 0 amide bonds. The SMILES string of the molecule is Cc1cc(-c2cccc(C(F)(F)F)c2)n2ncc(C(=O)c3ccccc3)c2n1. The predicted molar refractivity (Wildman–Crippen MR) is 98.0 cm³/mol. The van der Waals surface area contributed by atoms with Gasteiger partial charge in [-0.1, -0.05) is 42.5 Å². The van der Waals surface area contributed by atoms with E-state index >= 15 is 0 Å². The number of hydrogen-bond acceptors (Lipinski definition) is 3. The van der Waals surface area contributed by atoms with E-state index in [1.165, 1.54) is 16.8 Å². The molecule has 7 heteroatoms. The maximum absolute atomic E-state index is 13.1. The third-order valence-electron chi connectivity index (χ3n) is 4.37. The molecule has 0 fully saturated rings. The van der Waals surface area contributed by atoms with Gasteiger partial charge in [-0.2, -0.15) is 18.3 Å². The Kier molecular flexibility index (Phi) is 4.22. The molecule has 0 atom stereocenters. The Morgan fingerprint density at radius 2 is 1.75 bits per heavy atom. The Hall–Kier alpha value is -3.48. The molecule has 2 aromatic heterocycles. The highest BCUT2D eigenvalue weighted by Crippen LogP contribution is 2.32. The minimum atomic E-state index is -4.45. The molecule has 0 saturated carbocycles. The van der Waals surface area contributed by atoms with Crippen LogP contribution in [0.25, 0.3) is 16.9 Å². The second kappa shape index (κ2) is 6.60. The van der Waals surface area contributed by atoms with Gasteiger partial charge in [0.05, 0.1) is 23.0 Å². The number of benzene rings is 2. The summed E-state index contributed by atoms with van der Waals surface area (Å²) in [7, 11) is 0. The molecule has 140 valence electrons. The fraction of sp³-hybridized carbons (Fsp3) is 0.0952. The van der Waals surface area contributed by atoms with Crippen molar-refractivity contribution < 1.29 is 18.0 Å². The smallest absolute Gasteiger partial charge is 0.288 e. The van der Waals surface area contributed by atoms with Crippen LogP contribution in [0.2, 0.25) is 0 Å². The number of nitrogens with zero attached hydrogens (tertiary/aromatic N) is 3. The first-order valence-corrected chi connectivity index (χ1v) is 8.47. The average molecular weight is 381 g/mol. The molecule has 28 heavy (non-hydrogen) atoms. The molecule has 0 aliphatic rings. The van der Waals surface area contributed by atoms with E-state index in [0.29, 0.717) is 33.7 Å². The van der Waals surface area contributed by atoms with Gasteiger partial charge in [0.15, 0.2) is 11.4 Å². The zero-order chi connectivity index (χ0) is 19.9. The number of fused-ring (bicyclic) bond motifs is 1. The van der Waals surface area contributed by atoms with Gasteiger partial charge in [0.1, 0.15) is 0 Å². The molecule has 2 heterocycles. The summed E-state index contributed by atoms with van der Waals surface area (Å²) < 4.78 is 40.7. The fourth-order valence-electron chi connectivity index (χ4n) is 3.05. The fourth-order valence-corrected chi connectivity index (χ4v) is 3.05. The monoisotopic (exact) mass is 381 g/mol. The van der Waals surface area contributed by atoms with Crippen LogP contribution in [0.3, 0.4) is 0 Å². The highest BCUT2D eigenvalue weighted by atomic mass is 19.4. The van der Waals surface area contributed by atoms with Gasteiger partial charge in [-0.25, -0.2) is 9.50 Å². The summed E-state index contributed by atoms with van der Waals surface area (Å²) >= 11 is 0. The summed E-state index contributed by atoms with van der Waals surface area (Å²) in [6.45, 7) is 1.72. The van der Waals surface area contributed by atoms with Gasteiger partial charge < -0.3 is 0 Å². The van der Waals surface area contributed by atoms with Crippen molar-refractivity contribution in [3.63, 3.8) is 0 Å². The van der Waals surface area contributed by atoms with Crippen molar-refractivity contribution >= 4 is 11.4 Å². The quantitative estimate of drug-likeness (QED) is 0.472. The Balaban J connectivity index is 1.89. The van der Waals surface area contributed by atoms with Crippen LogP contribution in [0.1, 0.15) is 27.2 Å². The van der Waals surface area contributed by atoms with Crippen molar-refractivity contribution in [3.05, 3.63) is 89.2 Å². The maximum Gasteiger partial charge on any atom is 0.416 e. The molecule has 4 nitrogen and oxygen atoms in total. The maximum atomic E-state index is 13.1. The molecular formula is C21H14F3N3O. The van der Waals surface area contributed by atoms with Crippen LogP contribution in [0.15, 0.2) is 66.9 Å². The highest BCUT2D eigenvalue weighted by Gasteiger charge is 2.30. The normalized spacial score (nSPS) is 11.7. The van der Waals surface area contributed by atoms with Gasteiger partial charge in [0.2, 0.25) is 0 Å². The summed E-state index contributed by atoms with van der Waals surface area (Å²) in [5, 5.41) is 4.23. The van der Waals surface area contributed by atoms with Crippen molar-refractivity contribution in [1.82, 2.24) is 14.6 Å². The lowest BCUT2D eigenvalue weighted by atomic mass is 10.1. The van der Waals surface area contributed by atoms with Crippen molar-refractivity contribution in [2.45, 2.75) is 13.1 Å². The third-order valence-corrected chi connectivity index (χ3v) is 4.37. The lowest BCUT2D eigenvalue weighted by Gasteiger charge is -2.11. The molecule has 0 spiro atoms. The molecule has 0 bridgehead atoms. The zero-order valence-electron chi connectivity index (χ0n) is 14.7. The van der Waals surface area contributed by atoms with Crippen LogP contribution in [0, 0.1) is 6.92 Å². The van der Waals surface area contributed by atoms with E-state index in [1.54, 1.807) is 49.4 Å². The van der Waals surface area contributed by atoms with Crippen LogP contribution < -0.4 is 0 Å². The lowest BCUT2D eigenvalue weighted by molar-refractivity contribution is -0.137. The summed E-state index contributed by atoms with van der Waals surface area (Å²) in [5.41, 5.74) is 1.68. The van der Waals surface area contributed by atoms with Crippen molar-refractivity contribution in [3.8, 4) is 11.3 Å². The summed E-state index contributed by atoms with van der Waals surface area (Å²) in [4.78, 5) is 17.2. The topological polar surface area (TPSA) is 47.3 Å². The minimum Gasteiger partial charge on any atom is -0.288 e. The van der Waals surface area contributed by atoms with E-state index in [4.69, 9.17) is 0 Å². The average Bonchev–Trinajstić information content (AvgIpc) is 3.10. The second-order valence-electron chi connectivity index (χ2n) is 6.35. The number of hydrogen-bond donors (Lipinski definition) is 0. The van der Waals surface area contributed by atoms with E-state index in [1.807, 2.05) is 0 Å². The Labute approximate surface area is 158 Å². The van der Waals surface area contributed by atoms with Crippen molar-refractivity contribution in [2.75, 3.05) is 0 Å². The standard InChI is InChI=1S/C21H14F3N3O/c1-13-10-18(15-8-5-9-16(11-15)21(22,23)24)27-20(26-13)17(12-25-27)19(28)14-6-3-2-4-7-14/h2-12H,1H3. The summed E-state index contributed by atoms with van der Waals surface area (Å²) in [6, 6.07) is 15.3. The Morgan fingerprint density at radius 3 is 2.46 bits per heavy atom. The number of aromatic nitrogens is 3. The van der Waals surface area contributed by atoms with Crippen LogP contribution in [-0.4, -0.2) is 20.4 Å². The van der Waals surface area contributed by atoms with Crippen LogP contribution >= 0.6 is 0 Å². The molecule has 0 aliphatic heterocycles. The molecule has 0 radical (unpaired) electrons. The van der Waals surface area contributed by atoms with Crippen LogP contribution in [-0.2, 0) is 6.18 Å². The molecule has 0 aliphatic carbocycles. The van der Waals surface area contributed by atoms with Gasteiger partial charge in [-0.05, 0) is 25.1 Å². The number of carbonyl (C=O) groups excluding carboxylic acids is 1. The lowest BCUT2D eigenvalue weighted by Crippen LogP contribution is -2.06. The van der Waals surface area contributed by atoms with E-state index < -0.39 is 11.7 Å². The Morgan fingerprint density at radius 1 is 1.00 bits per heavy atom. The largest absolute Gasteiger partial charge is 0.416 e. The van der Waals surface area contributed by atoms with Gasteiger partial charge in [0, 0.05) is 16.8 Å². The van der Waals surface area contributed by atoms with E-state index in [9.17, 15) is 18.0 Å². The first-order chi connectivity index (χ1) is 13.3. The predicted octanol–water partition coefficient (Wildman–Crippen LogP) is 4.95. The zero-order valence-corrected chi connectivity index (χ0v) is 14.7. The van der Waals surface area contributed by atoms with Gasteiger partial charge in [-0.15, -0.1) is 0 Å². The number of carbonyl (C=O) groups is 1. The van der Waals surface area contributed by atoms with Gasteiger partial charge >= 0.3 is 6.18 Å². The first-order valence-electron chi connectivity index (χ1n) is 8.47. The summed E-state index contributed by atoms with van der Waals surface area (Å²) in [5.74, 6) is -0.247. The number of ketones is 1. The number of rotatable bonds is 3. The van der Waals surface area contributed by atoms with Crippen molar-refractivity contribution in [1.29, 1.82) is 0 Å². The molecule has 4 rings (SSSR count). The van der Waals surface area contributed by atoms with Crippen molar-refractivity contribution in [2.24, 2.45) is 0 Å². The van der Waals surface area contributed by atoms with E-state index in [-0.39, 0.29) is 5.78 Å². The first kappa shape index (κ1) is 17.9. The Bertz CT molecular complexity index is 1180. The third kappa shape index (κ3) is 3.15. The molecule has 0 N–H and O–H groups in total.